The average molecular weight is 368 g/mol. The lowest BCUT2D eigenvalue weighted by Crippen LogP contribution is -2.41. The summed E-state index contributed by atoms with van der Waals surface area (Å²) in [5.74, 6) is -0.998. The predicted molar refractivity (Wildman–Crippen MR) is 99.5 cm³/mol. The van der Waals surface area contributed by atoms with Gasteiger partial charge in [-0.2, -0.15) is 0 Å². The molecule has 7 nitrogen and oxygen atoms in total. The zero-order valence-corrected chi connectivity index (χ0v) is 15.3. The maximum absolute atomic E-state index is 12.4. The molecule has 2 aromatic rings. The Kier molecular flexibility index (Phi) is 4.92. The highest BCUT2D eigenvalue weighted by atomic mass is 16.2. The van der Waals surface area contributed by atoms with Crippen LogP contribution in [0.3, 0.4) is 0 Å². The van der Waals surface area contributed by atoms with Gasteiger partial charge in [-0.1, -0.05) is 25.0 Å². The number of imide groups is 1. The van der Waals surface area contributed by atoms with E-state index >= 15 is 0 Å². The first kappa shape index (κ1) is 17.7. The molecule has 27 heavy (non-hydrogen) atoms. The summed E-state index contributed by atoms with van der Waals surface area (Å²) in [7, 11) is 0. The third kappa shape index (κ3) is 3.46. The average Bonchev–Trinajstić information content (AvgIpc) is 3.21. The van der Waals surface area contributed by atoms with E-state index in [-0.39, 0.29) is 36.1 Å². The maximum atomic E-state index is 12.4. The molecule has 2 atom stereocenters. The molecular weight excluding hydrogens is 344 g/mol. The van der Waals surface area contributed by atoms with Crippen LogP contribution in [0.4, 0.5) is 0 Å². The van der Waals surface area contributed by atoms with E-state index in [2.05, 4.69) is 14.9 Å². The van der Waals surface area contributed by atoms with E-state index in [4.69, 9.17) is 0 Å². The number of aromatic nitrogens is 2. The lowest BCUT2D eigenvalue weighted by Gasteiger charge is -2.19. The van der Waals surface area contributed by atoms with E-state index in [0.29, 0.717) is 6.54 Å². The molecule has 1 aromatic carbocycles. The molecule has 0 spiro atoms. The Hall–Kier alpha value is -2.70. The molecule has 1 saturated carbocycles. The molecule has 1 saturated heterocycles. The van der Waals surface area contributed by atoms with Crippen LogP contribution in [0, 0.1) is 11.8 Å². The lowest BCUT2D eigenvalue weighted by atomic mass is 9.81. The molecule has 2 fully saturated rings. The number of aryl methyl sites for hydroxylation is 1. The van der Waals surface area contributed by atoms with Crippen LogP contribution in [0.5, 0.6) is 0 Å². The smallest absolute Gasteiger partial charge is 0.240 e. The summed E-state index contributed by atoms with van der Waals surface area (Å²) in [6.07, 6.45) is 6.07. The molecule has 4 rings (SSSR count). The second-order valence-electron chi connectivity index (χ2n) is 7.39. The number of amides is 3. The molecule has 7 heteroatoms. The van der Waals surface area contributed by atoms with Crippen LogP contribution in [0.1, 0.15) is 32.1 Å². The van der Waals surface area contributed by atoms with Gasteiger partial charge in [-0.25, -0.2) is 4.98 Å². The van der Waals surface area contributed by atoms with Crippen LogP contribution < -0.4 is 5.32 Å². The minimum atomic E-state index is -0.272. The summed E-state index contributed by atoms with van der Waals surface area (Å²) >= 11 is 0. The molecule has 2 heterocycles. The number of hydrogen-bond acceptors (Lipinski definition) is 4. The Balaban J connectivity index is 1.25. The van der Waals surface area contributed by atoms with E-state index in [1.54, 1.807) is 6.33 Å². The standard InChI is InChI=1S/C20H24N4O3/c25-18(12-24-19(26)14-6-1-2-7-15(14)20(24)27)21-10-5-11-23-13-22-16-8-3-4-9-17(16)23/h3-4,8-9,13-15H,1-2,5-7,10-12H2,(H,21,25). The molecule has 1 aromatic heterocycles. The molecule has 1 N–H and O–H groups in total. The third-order valence-corrected chi connectivity index (χ3v) is 5.66. The Morgan fingerprint density at radius 2 is 1.81 bits per heavy atom. The number of benzene rings is 1. The zero-order chi connectivity index (χ0) is 18.8. The molecule has 1 aliphatic heterocycles. The number of carbonyl (C=O) groups excluding carboxylic acids is 3. The first-order chi connectivity index (χ1) is 13.1. The lowest BCUT2D eigenvalue weighted by molar-refractivity contribution is -0.143. The highest BCUT2D eigenvalue weighted by Crippen LogP contribution is 2.37. The normalized spacial score (nSPS) is 22.3. The van der Waals surface area contributed by atoms with Gasteiger partial charge in [0, 0.05) is 13.1 Å². The Bertz CT molecular complexity index is 851. The third-order valence-electron chi connectivity index (χ3n) is 5.66. The van der Waals surface area contributed by atoms with E-state index < -0.39 is 0 Å². The van der Waals surface area contributed by atoms with Gasteiger partial charge in [-0.3, -0.25) is 19.3 Å². The van der Waals surface area contributed by atoms with Crippen molar-refractivity contribution in [2.24, 2.45) is 11.8 Å². The second kappa shape index (κ2) is 7.50. The van der Waals surface area contributed by atoms with Crippen molar-refractivity contribution < 1.29 is 14.4 Å². The number of fused-ring (bicyclic) bond motifs is 2. The van der Waals surface area contributed by atoms with Crippen molar-refractivity contribution in [1.29, 1.82) is 0 Å². The summed E-state index contributed by atoms with van der Waals surface area (Å²) in [4.78, 5) is 42.5. The SMILES string of the molecule is O=C(CN1C(=O)C2CCCCC2C1=O)NCCCn1cnc2ccccc21. The molecule has 142 valence electrons. The van der Waals surface area contributed by atoms with Gasteiger partial charge in [0.2, 0.25) is 17.7 Å². The Labute approximate surface area is 157 Å². The van der Waals surface area contributed by atoms with Gasteiger partial charge >= 0.3 is 0 Å². The molecule has 2 aliphatic rings. The van der Waals surface area contributed by atoms with Crippen molar-refractivity contribution >= 4 is 28.8 Å². The van der Waals surface area contributed by atoms with Gasteiger partial charge in [0.05, 0.1) is 29.2 Å². The maximum Gasteiger partial charge on any atom is 0.240 e. The van der Waals surface area contributed by atoms with E-state index in [1.165, 1.54) is 4.90 Å². The van der Waals surface area contributed by atoms with Gasteiger partial charge < -0.3 is 9.88 Å². The first-order valence-electron chi connectivity index (χ1n) is 9.67. The first-order valence-corrected chi connectivity index (χ1v) is 9.67. The highest BCUT2D eigenvalue weighted by molar-refractivity contribution is 6.07. The fourth-order valence-electron chi connectivity index (χ4n) is 4.25. The van der Waals surface area contributed by atoms with Gasteiger partial charge in [0.1, 0.15) is 6.54 Å². The van der Waals surface area contributed by atoms with Crippen LogP contribution in [0.25, 0.3) is 11.0 Å². The summed E-state index contributed by atoms with van der Waals surface area (Å²) in [6.45, 7) is 1.08. The van der Waals surface area contributed by atoms with Crippen molar-refractivity contribution in [1.82, 2.24) is 19.8 Å². The summed E-state index contributed by atoms with van der Waals surface area (Å²) in [5.41, 5.74) is 2.02. The second-order valence-corrected chi connectivity index (χ2v) is 7.39. The largest absolute Gasteiger partial charge is 0.354 e. The number of nitrogens with zero attached hydrogens (tertiary/aromatic N) is 3. The quantitative estimate of drug-likeness (QED) is 0.621. The number of imidazole rings is 1. The number of likely N-dealkylation sites (tertiary alicyclic amines) is 1. The molecule has 0 radical (unpaired) electrons. The zero-order valence-electron chi connectivity index (χ0n) is 15.3. The minimum absolute atomic E-state index is 0.154. The minimum Gasteiger partial charge on any atom is -0.354 e. The number of rotatable bonds is 6. The summed E-state index contributed by atoms with van der Waals surface area (Å²) in [5, 5.41) is 2.82. The molecular formula is C20H24N4O3. The van der Waals surface area contributed by atoms with Crippen LogP contribution in [-0.2, 0) is 20.9 Å². The molecule has 0 bridgehead atoms. The van der Waals surface area contributed by atoms with Crippen LogP contribution >= 0.6 is 0 Å². The predicted octanol–water partition coefficient (Wildman–Crippen LogP) is 1.72. The Morgan fingerprint density at radius 1 is 1.11 bits per heavy atom. The number of para-hydroxylation sites is 2. The van der Waals surface area contributed by atoms with Gasteiger partial charge in [0.15, 0.2) is 0 Å². The van der Waals surface area contributed by atoms with Crippen LogP contribution in [0.15, 0.2) is 30.6 Å². The van der Waals surface area contributed by atoms with Crippen molar-refractivity contribution in [2.75, 3.05) is 13.1 Å². The topological polar surface area (TPSA) is 84.3 Å². The van der Waals surface area contributed by atoms with E-state index in [9.17, 15) is 14.4 Å². The molecule has 1 aliphatic carbocycles. The van der Waals surface area contributed by atoms with Crippen molar-refractivity contribution in [2.45, 2.75) is 38.6 Å². The number of hydrogen-bond donors (Lipinski definition) is 1. The number of nitrogens with one attached hydrogen (secondary N) is 1. The van der Waals surface area contributed by atoms with E-state index in [1.807, 2.05) is 24.3 Å². The van der Waals surface area contributed by atoms with Crippen LogP contribution in [-0.4, -0.2) is 45.3 Å². The number of carbonyl (C=O) groups is 3. The van der Waals surface area contributed by atoms with Crippen molar-refractivity contribution in [3.8, 4) is 0 Å². The molecule has 3 amide bonds. The summed E-state index contributed by atoms with van der Waals surface area (Å²) in [6, 6.07) is 7.92. The van der Waals surface area contributed by atoms with Gasteiger partial charge in [0.25, 0.3) is 0 Å². The summed E-state index contributed by atoms with van der Waals surface area (Å²) < 4.78 is 2.06. The fraction of sp³-hybridized carbons (Fsp3) is 0.500. The van der Waals surface area contributed by atoms with Crippen molar-refractivity contribution in [3.05, 3.63) is 30.6 Å². The molecule has 2 unspecified atom stereocenters. The van der Waals surface area contributed by atoms with Crippen molar-refractivity contribution in [3.63, 3.8) is 0 Å². The Morgan fingerprint density at radius 3 is 2.56 bits per heavy atom. The van der Waals surface area contributed by atoms with Gasteiger partial charge in [-0.15, -0.1) is 0 Å². The highest BCUT2D eigenvalue weighted by Gasteiger charge is 2.48. The van der Waals surface area contributed by atoms with Crippen LogP contribution in [0.2, 0.25) is 0 Å². The fourth-order valence-corrected chi connectivity index (χ4v) is 4.25. The monoisotopic (exact) mass is 368 g/mol. The van der Waals surface area contributed by atoms with Gasteiger partial charge in [-0.05, 0) is 31.4 Å². The van der Waals surface area contributed by atoms with E-state index in [0.717, 1.165) is 49.7 Å².